The van der Waals surface area contributed by atoms with Crippen LogP contribution in [-0.2, 0) is 11.3 Å². The third-order valence-electron chi connectivity index (χ3n) is 3.52. The normalized spacial score (nSPS) is 15.8. The lowest BCUT2D eigenvalue weighted by Crippen LogP contribution is -2.36. The van der Waals surface area contributed by atoms with Gasteiger partial charge in [0.1, 0.15) is 23.5 Å². The van der Waals surface area contributed by atoms with Gasteiger partial charge in [0, 0.05) is 19.6 Å². The van der Waals surface area contributed by atoms with Crippen molar-refractivity contribution in [2.75, 3.05) is 31.2 Å². The number of aryl methyl sites for hydroxylation is 1. The number of nitrogens with zero attached hydrogens (tertiary/aromatic N) is 4. The average molecular weight is 276 g/mol. The molecule has 0 saturated carbocycles. The molecule has 0 aliphatic carbocycles. The van der Waals surface area contributed by atoms with E-state index in [4.69, 9.17) is 4.74 Å². The third kappa shape index (κ3) is 2.00. The second-order valence-corrected chi connectivity index (χ2v) is 4.61. The van der Waals surface area contributed by atoms with Crippen molar-refractivity contribution in [3.63, 3.8) is 0 Å². The van der Waals surface area contributed by atoms with Gasteiger partial charge in [0.05, 0.1) is 18.6 Å². The van der Waals surface area contributed by atoms with E-state index in [1.807, 2.05) is 6.92 Å². The minimum atomic E-state index is -0.947. The molecule has 7 heteroatoms. The maximum absolute atomic E-state index is 11.3. The van der Waals surface area contributed by atoms with Crippen molar-refractivity contribution >= 4 is 22.8 Å². The quantitative estimate of drug-likeness (QED) is 0.900. The molecular weight excluding hydrogens is 260 g/mol. The van der Waals surface area contributed by atoms with Crippen molar-refractivity contribution in [1.82, 2.24) is 14.5 Å². The molecule has 2 aromatic heterocycles. The number of aromatic carboxylic acids is 1. The standard InChI is InChI=1S/C13H16N4O3/c1-2-17-10(13(18)19)7-9-11(14-8-15-12(9)17)16-3-5-20-6-4-16/h7-8H,2-6H2,1H3,(H,18,19). The van der Waals surface area contributed by atoms with Gasteiger partial charge in [-0.3, -0.25) is 0 Å². The molecule has 1 aliphatic rings. The maximum atomic E-state index is 11.3. The van der Waals surface area contributed by atoms with Gasteiger partial charge < -0.3 is 19.3 Å². The van der Waals surface area contributed by atoms with E-state index in [1.165, 1.54) is 6.33 Å². The van der Waals surface area contributed by atoms with Gasteiger partial charge in [0.15, 0.2) is 0 Å². The summed E-state index contributed by atoms with van der Waals surface area (Å²) in [6, 6.07) is 1.66. The predicted octanol–water partition coefficient (Wildman–Crippen LogP) is 0.986. The van der Waals surface area contributed by atoms with Crippen LogP contribution in [0.3, 0.4) is 0 Å². The number of carboxylic acid groups (broad SMARTS) is 1. The van der Waals surface area contributed by atoms with Crippen LogP contribution in [0.1, 0.15) is 17.4 Å². The molecule has 2 aromatic rings. The summed E-state index contributed by atoms with van der Waals surface area (Å²) in [5.41, 5.74) is 0.916. The summed E-state index contributed by atoms with van der Waals surface area (Å²) in [6.45, 7) is 5.29. The van der Waals surface area contributed by atoms with Crippen molar-refractivity contribution in [2.24, 2.45) is 0 Å². The number of morpholine rings is 1. The first-order valence-electron chi connectivity index (χ1n) is 6.62. The van der Waals surface area contributed by atoms with Gasteiger partial charge in [-0.2, -0.15) is 0 Å². The minimum absolute atomic E-state index is 0.248. The van der Waals surface area contributed by atoms with E-state index in [9.17, 15) is 9.90 Å². The molecule has 0 bridgehead atoms. The second kappa shape index (κ2) is 5.09. The summed E-state index contributed by atoms with van der Waals surface area (Å²) in [6.07, 6.45) is 1.49. The Labute approximate surface area is 115 Å². The zero-order chi connectivity index (χ0) is 14.1. The second-order valence-electron chi connectivity index (χ2n) is 4.61. The number of aromatic nitrogens is 3. The lowest BCUT2D eigenvalue weighted by Gasteiger charge is -2.28. The van der Waals surface area contributed by atoms with Crippen LogP contribution in [-0.4, -0.2) is 51.9 Å². The molecule has 1 aliphatic heterocycles. The van der Waals surface area contributed by atoms with Crippen LogP contribution in [0.4, 0.5) is 5.82 Å². The molecule has 0 radical (unpaired) electrons. The fourth-order valence-corrected chi connectivity index (χ4v) is 2.57. The maximum Gasteiger partial charge on any atom is 0.352 e. The number of anilines is 1. The largest absolute Gasteiger partial charge is 0.477 e. The van der Waals surface area contributed by atoms with Gasteiger partial charge >= 0.3 is 5.97 Å². The van der Waals surface area contributed by atoms with Crippen molar-refractivity contribution in [1.29, 1.82) is 0 Å². The number of ether oxygens (including phenoxy) is 1. The lowest BCUT2D eigenvalue weighted by atomic mass is 10.3. The smallest absolute Gasteiger partial charge is 0.352 e. The van der Waals surface area contributed by atoms with Crippen LogP contribution in [0.5, 0.6) is 0 Å². The topological polar surface area (TPSA) is 80.5 Å². The summed E-state index contributed by atoms with van der Waals surface area (Å²) in [7, 11) is 0. The van der Waals surface area contributed by atoms with E-state index in [-0.39, 0.29) is 5.69 Å². The highest BCUT2D eigenvalue weighted by molar-refractivity contribution is 5.97. The fourth-order valence-electron chi connectivity index (χ4n) is 2.57. The molecule has 0 unspecified atom stereocenters. The molecule has 1 saturated heterocycles. The summed E-state index contributed by atoms with van der Waals surface area (Å²) in [5.74, 6) is -0.161. The van der Waals surface area contributed by atoms with Gasteiger partial charge in [-0.25, -0.2) is 14.8 Å². The van der Waals surface area contributed by atoms with Crippen LogP contribution in [0.15, 0.2) is 12.4 Å². The van der Waals surface area contributed by atoms with Gasteiger partial charge in [-0.15, -0.1) is 0 Å². The first-order valence-corrected chi connectivity index (χ1v) is 6.62. The molecule has 0 amide bonds. The number of carboxylic acids is 1. The number of rotatable bonds is 3. The zero-order valence-electron chi connectivity index (χ0n) is 11.2. The molecule has 3 rings (SSSR count). The molecule has 3 heterocycles. The van der Waals surface area contributed by atoms with Crippen LogP contribution in [0.2, 0.25) is 0 Å². The lowest BCUT2D eigenvalue weighted by molar-refractivity contribution is 0.0686. The predicted molar refractivity (Wildman–Crippen MR) is 73.2 cm³/mol. The van der Waals surface area contributed by atoms with E-state index < -0.39 is 5.97 Å². The molecule has 1 fully saturated rings. The van der Waals surface area contributed by atoms with E-state index in [2.05, 4.69) is 14.9 Å². The third-order valence-corrected chi connectivity index (χ3v) is 3.52. The van der Waals surface area contributed by atoms with E-state index >= 15 is 0 Å². The summed E-state index contributed by atoms with van der Waals surface area (Å²) >= 11 is 0. The Bertz CT molecular complexity index is 646. The van der Waals surface area contributed by atoms with Crippen molar-refractivity contribution in [3.05, 3.63) is 18.1 Å². The fraction of sp³-hybridized carbons (Fsp3) is 0.462. The van der Waals surface area contributed by atoms with E-state index in [0.29, 0.717) is 25.4 Å². The van der Waals surface area contributed by atoms with E-state index in [1.54, 1.807) is 10.6 Å². The van der Waals surface area contributed by atoms with Gasteiger partial charge in [-0.05, 0) is 13.0 Å². The Morgan fingerprint density at radius 1 is 1.40 bits per heavy atom. The van der Waals surface area contributed by atoms with Crippen LogP contribution >= 0.6 is 0 Å². The van der Waals surface area contributed by atoms with Crippen molar-refractivity contribution in [2.45, 2.75) is 13.5 Å². The number of hydrogen-bond donors (Lipinski definition) is 1. The van der Waals surface area contributed by atoms with E-state index in [0.717, 1.165) is 24.3 Å². The molecule has 1 N–H and O–H groups in total. The van der Waals surface area contributed by atoms with Crippen LogP contribution in [0.25, 0.3) is 11.0 Å². The molecule has 7 nitrogen and oxygen atoms in total. The highest BCUT2D eigenvalue weighted by atomic mass is 16.5. The SMILES string of the molecule is CCn1c(C(=O)O)cc2c(N3CCOCC3)ncnc21. The minimum Gasteiger partial charge on any atom is -0.477 e. The number of fused-ring (bicyclic) bond motifs is 1. The first-order chi connectivity index (χ1) is 9.72. The number of hydrogen-bond acceptors (Lipinski definition) is 5. The highest BCUT2D eigenvalue weighted by Gasteiger charge is 2.21. The first kappa shape index (κ1) is 12.9. The monoisotopic (exact) mass is 276 g/mol. The molecular formula is C13H16N4O3. The van der Waals surface area contributed by atoms with Crippen molar-refractivity contribution in [3.8, 4) is 0 Å². The van der Waals surface area contributed by atoms with Crippen LogP contribution in [0, 0.1) is 0 Å². The van der Waals surface area contributed by atoms with Gasteiger partial charge in [-0.1, -0.05) is 0 Å². The Hall–Kier alpha value is -2.15. The molecule has 0 atom stereocenters. The zero-order valence-corrected chi connectivity index (χ0v) is 11.2. The summed E-state index contributed by atoms with van der Waals surface area (Å²) in [5, 5.41) is 10.1. The summed E-state index contributed by atoms with van der Waals surface area (Å²) < 4.78 is 7.03. The molecule has 0 aromatic carbocycles. The Morgan fingerprint density at radius 2 is 2.15 bits per heavy atom. The van der Waals surface area contributed by atoms with Crippen LogP contribution < -0.4 is 4.90 Å². The van der Waals surface area contributed by atoms with Crippen molar-refractivity contribution < 1.29 is 14.6 Å². The highest BCUT2D eigenvalue weighted by Crippen LogP contribution is 2.27. The van der Waals surface area contributed by atoms with Gasteiger partial charge in [0.25, 0.3) is 0 Å². The Kier molecular flexibility index (Phi) is 3.27. The average Bonchev–Trinajstić information content (AvgIpc) is 2.86. The number of carbonyl (C=O) groups is 1. The Balaban J connectivity index is 2.16. The summed E-state index contributed by atoms with van der Waals surface area (Å²) in [4.78, 5) is 22.0. The molecule has 106 valence electrons. The molecule has 0 spiro atoms. The molecule has 20 heavy (non-hydrogen) atoms. The van der Waals surface area contributed by atoms with Gasteiger partial charge in [0.2, 0.25) is 0 Å². The Morgan fingerprint density at radius 3 is 2.80 bits per heavy atom.